The Morgan fingerprint density at radius 2 is 2.17 bits per heavy atom. The molecule has 0 radical (unpaired) electrons. The molecule has 0 bridgehead atoms. The molecule has 0 fully saturated rings. The Bertz CT molecular complexity index is 352. The Kier molecular flexibility index (Phi) is 4.24. The van der Waals surface area contributed by atoms with Gasteiger partial charge in [0.2, 0.25) is 5.60 Å². The van der Waals surface area contributed by atoms with Crippen molar-refractivity contribution < 1.29 is 27.5 Å². The highest BCUT2D eigenvalue weighted by Gasteiger charge is 2.44. The summed E-state index contributed by atoms with van der Waals surface area (Å²) in [6.45, 7) is 4.55. The van der Waals surface area contributed by atoms with Crippen molar-refractivity contribution in [2.75, 3.05) is 6.61 Å². The van der Waals surface area contributed by atoms with Gasteiger partial charge in [-0.25, -0.2) is 4.79 Å². The van der Waals surface area contributed by atoms with Crippen molar-refractivity contribution in [2.24, 2.45) is 11.1 Å². The number of hydrogen-bond donors (Lipinski definition) is 0. The number of carbonyl (C=O) groups excluding carboxylic acids is 1. The van der Waals surface area contributed by atoms with Crippen LogP contribution >= 0.6 is 0 Å². The fourth-order valence-corrected chi connectivity index (χ4v) is 1.40. The average molecular weight is 267 g/mol. The number of carbonyl (C=O) groups is 1. The molecule has 104 valence electrons. The van der Waals surface area contributed by atoms with Gasteiger partial charge in [0, 0.05) is 6.42 Å². The van der Waals surface area contributed by atoms with Crippen LogP contribution in [0.3, 0.4) is 0 Å². The zero-order chi connectivity index (χ0) is 14.0. The molecule has 0 spiro atoms. The molecule has 1 rings (SSSR count). The normalized spacial score (nSPS) is 23.8. The van der Waals surface area contributed by atoms with Gasteiger partial charge in [-0.05, 0) is 12.8 Å². The van der Waals surface area contributed by atoms with E-state index in [9.17, 15) is 18.0 Å². The SMILES string of the molecule is CC(C)C1=NOC(C)(C(=O)OCCC(F)(F)F)C1. The van der Waals surface area contributed by atoms with Gasteiger partial charge in [-0.1, -0.05) is 19.0 Å². The minimum Gasteiger partial charge on any atom is -0.462 e. The highest BCUT2D eigenvalue weighted by atomic mass is 19.4. The number of halogens is 3. The van der Waals surface area contributed by atoms with Crippen molar-refractivity contribution in [2.45, 2.75) is 45.4 Å². The predicted molar refractivity (Wildman–Crippen MR) is 58.0 cm³/mol. The first-order valence-electron chi connectivity index (χ1n) is 5.63. The fourth-order valence-electron chi connectivity index (χ4n) is 1.40. The van der Waals surface area contributed by atoms with E-state index in [-0.39, 0.29) is 12.3 Å². The predicted octanol–water partition coefficient (Wildman–Crippen LogP) is 2.67. The third kappa shape index (κ3) is 3.89. The minimum atomic E-state index is -4.34. The maximum Gasteiger partial charge on any atom is 0.392 e. The number of ether oxygens (including phenoxy) is 1. The maximum atomic E-state index is 11.9. The molecule has 1 unspecified atom stereocenters. The minimum absolute atomic E-state index is 0.120. The molecule has 0 saturated carbocycles. The zero-order valence-corrected chi connectivity index (χ0v) is 10.5. The van der Waals surface area contributed by atoms with Gasteiger partial charge in [0.05, 0.1) is 12.1 Å². The lowest BCUT2D eigenvalue weighted by molar-refractivity contribution is -0.176. The quantitative estimate of drug-likeness (QED) is 0.736. The maximum absolute atomic E-state index is 11.9. The molecule has 0 N–H and O–H groups in total. The van der Waals surface area contributed by atoms with Gasteiger partial charge in [0.25, 0.3) is 0 Å². The van der Waals surface area contributed by atoms with Gasteiger partial charge in [0.1, 0.15) is 6.61 Å². The van der Waals surface area contributed by atoms with Crippen molar-refractivity contribution in [3.63, 3.8) is 0 Å². The van der Waals surface area contributed by atoms with E-state index in [4.69, 9.17) is 4.84 Å². The molecule has 0 aromatic heterocycles. The number of rotatable bonds is 4. The first kappa shape index (κ1) is 14.8. The lowest BCUT2D eigenvalue weighted by atomic mass is 9.94. The third-order valence-corrected chi connectivity index (χ3v) is 2.60. The topological polar surface area (TPSA) is 47.9 Å². The van der Waals surface area contributed by atoms with E-state index < -0.39 is 30.8 Å². The van der Waals surface area contributed by atoms with Crippen LogP contribution in [-0.2, 0) is 14.4 Å². The first-order valence-corrected chi connectivity index (χ1v) is 5.63. The molecule has 1 atom stereocenters. The van der Waals surface area contributed by atoms with E-state index >= 15 is 0 Å². The summed E-state index contributed by atoms with van der Waals surface area (Å²) < 4.78 is 40.3. The summed E-state index contributed by atoms with van der Waals surface area (Å²) in [6.07, 6.45) is -5.25. The van der Waals surface area contributed by atoms with Crippen molar-refractivity contribution in [3.8, 4) is 0 Å². The molecule has 1 aliphatic heterocycles. The van der Waals surface area contributed by atoms with Crippen LogP contribution < -0.4 is 0 Å². The number of esters is 1. The van der Waals surface area contributed by atoms with Crippen LogP contribution in [0.4, 0.5) is 13.2 Å². The van der Waals surface area contributed by atoms with Crippen molar-refractivity contribution >= 4 is 11.7 Å². The summed E-state index contributed by atoms with van der Waals surface area (Å²) in [6, 6.07) is 0. The average Bonchev–Trinajstić information content (AvgIpc) is 2.60. The van der Waals surface area contributed by atoms with Crippen LogP contribution in [0.1, 0.15) is 33.6 Å². The Morgan fingerprint density at radius 1 is 1.56 bits per heavy atom. The summed E-state index contributed by atoms with van der Waals surface area (Å²) >= 11 is 0. The molecule has 4 nitrogen and oxygen atoms in total. The Labute approximate surface area is 103 Å². The zero-order valence-electron chi connectivity index (χ0n) is 10.5. The molecule has 0 aromatic carbocycles. The van der Waals surface area contributed by atoms with Crippen LogP contribution in [0.2, 0.25) is 0 Å². The van der Waals surface area contributed by atoms with Gasteiger partial charge in [-0.2, -0.15) is 13.2 Å². The monoisotopic (exact) mass is 267 g/mol. The van der Waals surface area contributed by atoms with Gasteiger partial charge in [-0.3, -0.25) is 0 Å². The van der Waals surface area contributed by atoms with Crippen LogP contribution in [-0.4, -0.2) is 30.1 Å². The van der Waals surface area contributed by atoms with E-state index in [2.05, 4.69) is 9.89 Å². The fraction of sp³-hybridized carbons (Fsp3) is 0.818. The van der Waals surface area contributed by atoms with E-state index in [0.29, 0.717) is 5.71 Å². The van der Waals surface area contributed by atoms with Crippen molar-refractivity contribution in [3.05, 3.63) is 0 Å². The van der Waals surface area contributed by atoms with Crippen LogP contribution in [0.15, 0.2) is 5.16 Å². The Morgan fingerprint density at radius 3 is 2.61 bits per heavy atom. The Balaban J connectivity index is 2.44. The number of nitrogens with zero attached hydrogens (tertiary/aromatic N) is 1. The third-order valence-electron chi connectivity index (χ3n) is 2.60. The second-order valence-electron chi connectivity index (χ2n) is 4.74. The lowest BCUT2D eigenvalue weighted by Gasteiger charge is -2.19. The Hall–Kier alpha value is -1.27. The first-order chi connectivity index (χ1) is 8.14. The molecular formula is C11H16F3NO3. The van der Waals surface area contributed by atoms with Gasteiger partial charge in [-0.15, -0.1) is 0 Å². The highest BCUT2D eigenvalue weighted by molar-refractivity contribution is 5.94. The van der Waals surface area contributed by atoms with Crippen molar-refractivity contribution in [1.82, 2.24) is 0 Å². The standard InChI is InChI=1S/C11H16F3NO3/c1-7(2)8-6-10(3,18-15-8)9(16)17-5-4-11(12,13)14/h7H,4-6H2,1-3H3. The molecule has 0 saturated heterocycles. The summed E-state index contributed by atoms with van der Waals surface area (Å²) in [5, 5.41) is 3.76. The molecule has 1 aliphatic rings. The smallest absolute Gasteiger partial charge is 0.392 e. The number of hydrogen-bond acceptors (Lipinski definition) is 4. The largest absolute Gasteiger partial charge is 0.462 e. The summed E-state index contributed by atoms with van der Waals surface area (Å²) in [7, 11) is 0. The van der Waals surface area contributed by atoms with E-state index in [1.54, 1.807) is 0 Å². The lowest BCUT2D eigenvalue weighted by Crippen LogP contribution is -2.38. The number of alkyl halides is 3. The van der Waals surface area contributed by atoms with Crippen LogP contribution in [0, 0.1) is 5.92 Å². The molecule has 0 aromatic rings. The molecule has 0 amide bonds. The van der Waals surface area contributed by atoms with E-state index in [0.717, 1.165) is 0 Å². The highest BCUT2D eigenvalue weighted by Crippen LogP contribution is 2.28. The molecular weight excluding hydrogens is 251 g/mol. The summed E-state index contributed by atoms with van der Waals surface area (Å²) in [4.78, 5) is 16.6. The van der Waals surface area contributed by atoms with Crippen molar-refractivity contribution in [1.29, 1.82) is 0 Å². The molecule has 7 heteroatoms. The van der Waals surface area contributed by atoms with Gasteiger partial charge < -0.3 is 9.57 Å². The van der Waals surface area contributed by atoms with Crippen LogP contribution in [0.5, 0.6) is 0 Å². The number of oxime groups is 1. The van der Waals surface area contributed by atoms with Crippen LogP contribution in [0.25, 0.3) is 0 Å². The summed E-state index contributed by atoms with van der Waals surface area (Å²) in [5.74, 6) is -0.694. The summed E-state index contributed by atoms with van der Waals surface area (Å²) in [5.41, 5.74) is -0.601. The van der Waals surface area contributed by atoms with Gasteiger partial charge >= 0.3 is 12.1 Å². The second-order valence-corrected chi connectivity index (χ2v) is 4.74. The van der Waals surface area contributed by atoms with E-state index in [1.807, 2.05) is 13.8 Å². The molecule has 18 heavy (non-hydrogen) atoms. The van der Waals surface area contributed by atoms with Gasteiger partial charge in [0.15, 0.2) is 0 Å². The van der Waals surface area contributed by atoms with E-state index in [1.165, 1.54) is 6.92 Å². The second kappa shape index (κ2) is 5.16. The molecule has 0 aliphatic carbocycles. The molecule has 1 heterocycles.